The Morgan fingerprint density at radius 1 is 0.647 bits per heavy atom. The Balaban J connectivity index is 0.000000262. The second kappa shape index (κ2) is 9.89. The predicted molar refractivity (Wildman–Crippen MR) is 123 cm³/mol. The largest absolute Gasteiger partial charge is 0.405 e. The van der Waals surface area contributed by atoms with Crippen LogP contribution in [0.25, 0.3) is 33.4 Å². The Kier molecular flexibility index (Phi) is 7.11. The maximum absolute atomic E-state index is 11.0. The molecular formula is C26H19F3IO3S+. The minimum Gasteiger partial charge on any atom is -0.285 e. The third-order valence-electron chi connectivity index (χ3n) is 4.99. The molecule has 1 aliphatic heterocycles. The van der Waals surface area contributed by atoms with E-state index in [-0.39, 0.29) is 21.2 Å². The molecule has 0 aromatic heterocycles. The van der Waals surface area contributed by atoms with E-state index in [4.69, 9.17) is 4.55 Å². The summed E-state index contributed by atoms with van der Waals surface area (Å²) in [5, 5.41) is 0. The molecule has 5 rings (SSSR count). The van der Waals surface area contributed by atoms with E-state index in [1.165, 1.54) is 33.4 Å². The van der Waals surface area contributed by atoms with Gasteiger partial charge in [-0.05, 0) is 41.0 Å². The fraction of sp³-hybridized carbons (Fsp3) is 0.0769. The van der Waals surface area contributed by atoms with Crippen LogP contribution in [0.1, 0.15) is 0 Å². The van der Waals surface area contributed by atoms with Crippen molar-refractivity contribution >= 4 is 10.1 Å². The summed E-state index contributed by atoms with van der Waals surface area (Å²) in [6.07, 6.45) is -4.85. The average Bonchev–Trinajstić information content (AvgIpc) is 3.16. The van der Waals surface area contributed by atoms with Gasteiger partial charge in [-0.25, -0.2) is 0 Å². The van der Waals surface area contributed by atoms with Gasteiger partial charge >= 0.3 is 27.4 Å². The summed E-state index contributed by atoms with van der Waals surface area (Å²) in [5.74, 6) is -2.18. The Morgan fingerprint density at radius 2 is 1.21 bits per heavy atom. The lowest BCUT2D eigenvalue weighted by Crippen LogP contribution is -3.61. The van der Waals surface area contributed by atoms with Gasteiger partial charge < -0.3 is 0 Å². The first-order valence-corrected chi connectivity index (χ1v) is 13.9. The van der Waals surface area contributed by atoms with Gasteiger partial charge in [-0.15, -0.1) is 0 Å². The molecule has 0 atom stereocenters. The number of rotatable bonds is 3. The third-order valence-corrected chi connectivity index (χ3v) is 8.69. The molecule has 34 heavy (non-hydrogen) atoms. The summed E-state index contributed by atoms with van der Waals surface area (Å²) < 4.78 is 62.7. The highest BCUT2D eigenvalue weighted by Crippen LogP contribution is 2.41. The smallest absolute Gasteiger partial charge is 0.285 e. The summed E-state index contributed by atoms with van der Waals surface area (Å²) in [6, 6.07) is 35.2. The molecule has 0 saturated heterocycles. The molecule has 0 spiro atoms. The summed E-state index contributed by atoms with van der Waals surface area (Å²) in [4.78, 5) is 0. The van der Waals surface area contributed by atoms with E-state index >= 15 is 0 Å². The minimum atomic E-state index is -4.91. The van der Waals surface area contributed by atoms with E-state index < -0.39 is 22.0 Å². The number of benzene rings is 4. The molecule has 0 radical (unpaired) electrons. The van der Waals surface area contributed by atoms with Crippen LogP contribution in [-0.2, 0) is 10.1 Å². The summed E-state index contributed by atoms with van der Waals surface area (Å²) in [7, 11) is -4.91. The van der Waals surface area contributed by atoms with Crippen molar-refractivity contribution in [2.24, 2.45) is 0 Å². The molecule has 4 aromatic carbocycles. The van der Waals surface area contributed by atoms with Gasteiger partial charge in [0, 0.05) is 16.7 Å². The molecule has 4 aromatic rings. The van der Waals surface area contributed by atoms with Crippen molar-refractivity contribution in [2.75, 3.05) is 5.75 Å². The number of halogens is 4. The third kappa shape index (κ3) is 5.86. The standard InChI is InChI=1S/C24H16I.C2H3F3O3S/c1-3-9-17(10-4-1)19-15-16-22-24(20-13-7-8-14-21(20)25-22)23(19)18-11-5-2-6-12-18;3-2(4,5)1-9(6,7)8/h1-16H;1H2,(H,6,7,8)/q+1;. The van der Waals surface area contributed by atoms with Crippen LogP contribution < -0.4 is 21.2 Å². The predicted octanol–water partition coefficient (Wildman–Crippen LogP) is 3.57. The second-order valence-corrected chi connectivity index (χ2v) is 11.8. The van der Waals surface area contributed by atoms with Crippen molar-refractivity contribution in [1.29, 1.82) is 0 Å². The lowest BCUT2D eigenvalue weighted by atomic mass is 9.88. The number of fused-ring (bicyclic) bond motifs is 3. The summed E-state index contributed by atoms with van der Waals surface area (Å²) >= 11 is -0.0888. The van der Waals surface area contributed by atoms with Gasteiger partial charge in [0.1, 0.15) is 0 Å². The van der Waals surface area contributed by atoms with E-state index in [0.717, 1.165) is 0 Å². The average molecular weight is 595 g/mol. The Hall–Kier alpha value is -2.69. The molecule has 1 N–H and O–H groups in total. The first kappa shape index (κ1) is 24.4. The first-order valence-electron chi connectivity index (χ1n) is 10.2. The van der Waals surface area contributed by atoms with Crippen LogP contribution in [0.15, 0.2) is 97.1 Å². The normalized spacial score (nSPS) is 12.4. The number of alkyl halides is 3. The second-order valence-electron chi connectivity index (χ2n) is 7.49. The highest BCUT2D eigenvalue weighted by molar-refractivity contribution is 7.85. The van der Waals surface area contributed by atoms with Gasteiger partial charge in [-0.3, -0.25) is 4.55 Å². The van der Waals surface area contributed by atoms with Crippen molar-refractivity contribution in [2.45, 2.75) is 6.18 Å². The number of hydrogen-bond donors (Lipinski definition) is 1. The van der Waals surface area contributed by atoms with E-state index in [1.54, 1.807) is 7.14 Å². The molecule has 0 unspecified atom stereocenters. The van der Waals surface area contributed by atoms with Gasteiger partial charge in [-0.1, -0.05) is 72.8 Å². The maximum atomic E-state index is 11.0. The van der Waals surface area contributed by atoms with Crippen molar-refractivity contribution in [3.63, 3.8) is 0 Å². The molecule has 0 amide bonds. The van der Waals surface area contributed by atoms with E-state index in [0.29, 0.717) is 0 Å². The molecule has 0 aliphatic carbocycles. The highest BCUT2D eigenvalue weighted by atomic mass is 127. The monoisotopic (exact) mass is 595 g/mol. The molecule has 3 nitrogen and oxygen atoms in total. The lowest BCUT2D eigenvalue weighted by molar-refractivity contribution is -0.589. The van der Waals surface area contributed by atoms with Gasteiger partial charge in [0.2, 0.25) is 7.14 Å². The van der Waals surface area contributed by atoms with Gasteiger partial charge in [0.15, 0.2) is 5.75 Å². The van der Waals surface area contributed by atoms with Crippen LogP contribution in [0, 0.1) is 7.14 Å². The zero-order valence-electron chi connectivity index (χ0n) is 17.6. The molecular weight excluding hydrogens is 576 g/mol. The van der Waals surface area contributed by atoms with Gasteiger partial charge in [-0.2, -0.15) is 21.6 Å². The Bertz CT molecular complexity index is 1400. The van der Waals surface area contributed by atoms with Gasteiger partial charge in [0.25, 0.3) is 10.1 Å². The zero-order valence-corrected chi connectivity index (χ0v) is 20.6. The van der Waals surface area contributed by atoms with Crippen LogP contribution in [0.2, 0.25) is 0 Å². The lowest BCUT2D eigenvalue weighted by Gasteiger charge is -2.14. The molecule has 174 valence electrons. The van der Waals surface area contributed by atoms with E-state index in [1.807, 2.05) is 0 Å². The fourth-order valence-electron chi connectivity index (χ4n) is 3.75. The van der Waals surface area contributed by atoms with Crippen molar-refractivity contribution in [1.82, 2.24) is 0 Å². The van der Waals surface area contributed by atoms with Crippen LogP contribution in [0.4, 0.5) is 13.2 Å². The molecule has 1 heterocycles. The highest BCUT2D eigenvalue weighted by Gasteiger charge is 2.36. The summed E-state index contributed by atoms with van der Waals surface area (Å²) in [6.45, 7) is 0. The van der Waals surface area contributed by atoms with Crippen molar-refractivity contribution < 1.29 is 47.3 Å². The molecule has 0 saturated carbocycles. The van der Waals surface area contributed by atoms with Crippen molar-refractivity contribution in [3.05, 3.63) is 104 Å². The van der Waals surface area contributed by atoms with Crippen LogP contribution in [-0.4, -0.2) is 24.9 Å². The zero-order chi connectivity index (χ0) is 24.3. The first-order chi connectivity index (χ1) is 16.1. The topological polar surface area (TPSA) is 54.4 Å². The SMILES string of the molecule is O=S(=O)(O)CC(F)(F)F.c1ccc(-c2ccc3c(c2-c2ccccc2)-c2ccccc2[I+]3)cc1. The molecule has 8 heteroatoms. The van der Waals surface area contributed by atoms with Crippen LogP contribution >= 0.6 is 0 Å². The molecule has 0 bridgehead atoms. The number of hydrogen-bond acceptors (Lipinski definition) is 2. The Morgan fingerprint density at radius 3 is 1.76 bits per heavy atom. The quantitative estimate of drug-likeness (QED) is 0.257. The fourth-order valence-corrected chi connectivity index (χ4v) is 7.10. The van der Waals surface area contributed by atoms with E-state index in [9.17, 15) is 21.6 Å². The van der Waals surface area contributed by atoms with E-state index in [2.05, 4.69) is 97.1 Å². The van der Waals surface area contributed by atoms with Crippen molar-refractivity contribution in [3.8, 4) is 33.4 Å². The van der Waals surface area contributed by atoms with Crippen LogP contribution in [0.5, 0.6) is 0 Å². The minimum absolute atomic E-state index is 0.0888. The van der Waals surface area contributed by atoms with Crippen LogP contribution in [0.3, 0.4) is 0 Å². The van der Waals surface area contributed by atoms with Gasteiger partial charge in [0.05, 0.1) is 0 Å². The Labute approximate surface area is 206 Å². The maximum Gasteiger partial charge on any atom is 0.405 e. The molecule has 1 aliphatic rings. The molecule has 0 fully saturated rings. The summed E-state index contributed by atoms with van der Waals surface area (Å²) in [5.41, 5.74) is 8.18.